The maximum absolute atomic E-state index is 14.4. The highest BCUT2D eigenvalue weighted by molar-refractivity contribution is 7.13. The second-order valence-electron chi connectivity index (χ2n) is 5.98. The quantitative estimate of drug-likeness (QED) is 0.433. The average molecular weight is 421 g/mol. The number of ether oxygens (including phenoxy) is 1. The molecule has 0 radical (unpaired) electrons. The van der Waals surface area contributed by atoms with Crippen LogP contribution in [0.3, 0.4) is 0 Å². The molecule has 0 saturated carbocycles. The van der Waals surface area contributed by atoms with E-state index in [4.69, 9.17) is 10.00 Å². The summed E-state index contributed by atoms with van der Waals surface area (Å²) in [6, 6.07) is 11.3. The smallest absolute Gasteiger partial charge is 0.325 e. The minimum absolute atomic E-state index is 0.0307. The summed E-state index contributed by atoms with van der Waals surface area (Å²) < 4.78 is 19.9. The van der Waals surface area contributed by atoms with Crippen molar-refractivity contribution in [3.05, 3.63) is 65.4 Å². The molecule has 4 aromatic rings. The number of carbonyl (C=O) groups excluding carboxylic acids is 1. The minimum Gasteiger partial charge on any atom is -0.506 e. The van der Waals surface area contributed by atoms with E-state index in [1.54, 1.807) is 17.5 Å². The Kier molecular flexibility index (Phi) is 5.11. The van der Waals surface area contributed by atoms with Gasteiger partial charge in [-0.15, -0.1) is 11.3 Å². The summed E-state index contributed by atoms with van der Waals surface area (Å²) in [7, 11) is 0. The van der Waals surface area contributed by atoms with Crippen LogP contribution in [0.5, 0.6) is 17.4 Å². The lowest BCUT2D eigenvalue weighted by molar-refractivity contribution is 0.262. The average Bonchev–Trinajstić information content (AvgIpc) is 3.22. The molecule has 0 aliphatic heterocycles. The van der Waals surface area contributed by atoms with Crippen LogP contribution in [-0.2, 0) is 0 Å². The third-order valence-corrected chi connectivity index (χ3v) is 4.65. The highest BCUT2D eigenvalue weighted by Crippen LogP contribution is 2.28. The number of aromatic nitrogens is 2. The molecule has 8 nitrogen and oxygen atoms in total. The minimum atomic E-state index is -0.695. The number of nitrogens with one attached hydrogen (secondary N) is 2. The number of hydrogen-bond donors (Lipinski definition) is 3. The van der Waals surface area contributed by atoms with E-state index >= 15 is 0 Å². The maximum Gasteiger partial charge on any atom is 0.325 e. The van der Waals surface area contributed by atoms with Crippen molar-refractivity contribution >= 4 is 39.1 Å². The first kappa shape index (κ1) is 19.1. The van der Waals surface area contributed by atoms with Crippen molar-refractivity contribution in [3.8, 4) is 23.4 Å². The lowest BCUT2D eigenvalue weighted by Crippen LogP contribution is -2.19. The van der Waals surface area contributed by atoms with E-state index in [2.05, 4.69) is 20.6 Å². The first-order valence-corrected chi connectivity index (χ1v) is 9.38. The Labute approximate surface area is 173 Å². The van der Waals surface area contributed by atoms with Gasteiger partial charge in [-0.05, 0) is 24.3 Å². The van der Waals surface area contributed by atoms with E-state index in [1.165, 1.54) is 41.8 Å². The summed E-state index contributed by atoms with van der Waals surface area (Å²) in [6.45, 7) is 0. The van der Waals surface area contributed by atoms with Gasteiger partial charge in [-0.1, -0.05) is 0 Å². The summed E-state index contributed by atoms with van der Waals surface area (Å²) in [5.74, 6) is -0.539. The number of phenols is 1. The number of thiazole rings is 1. The van der Waals surface area contributed by atoms with Crippen LogP contribution in [0.15, 0.2) is 54.0 Å². The summed E-state index contributed by atoms with van der Waals surface area (Å²) in [6.07, 6.45) is 1.54. The predicted molar refractivity (Wildman–Crippen MR) is 109 cm³/mol. The molecular weight excluding hydrogens is 409 g/mol. The van der Waals surface area contributed by atoms with E-state index in [1.807, 2.05) is 6.07 Å². The Morgan fingerprint density at radius 3 is 2.80 bits per heavy atom. The first-order valence-electron chi connectivity index (χ1n) is 8.50. The molecule has 2 amide bonds. The van der Waals surface area contributed by atoms with Gasteiger partial charge in [0.25, 0.3) is 0 Å². The Morgan fingerprint density at radius 2 is 2.07 bits per heavy atom. The summed E-state index contributed by atoms with van der Waals surface area (Å²) in [4.78, 5) is 20.1. The number of anilines is 2. The fourth-order valence-corrected chi connectivity index (χ4v) is 3.13. The number of aromatic hydroxyl groups is 1. The molecule has 0 aliphatic carbocycles. The Hall–Kier alpha value is -4.23. The van der Waals surface area contributed by atoms with Gasteiger partial charge in [-0.2, -0.15) is 5.26 Å². The summed E-state index contributed by atoms with van der Waals surface area (Å²) >= 11 is 1.24. The molecule has 0 bridgehead atoms. The molecule has 2 heterocycles. The SMILES string of the molecule is N#Cc1cc2ccc(Oc3ccc(NC(=O)Nc4nccs4)c(F)c3)nc2cc1O. The second kappa shape index (κ2) is 8.02. The zero-order valence-electron chi connectivity index (χ0n) is 15.1. The zero-order chi connectivity index (χ0) is 21.1. The van der Waals surface area contributed by atoms with Crippen molar-refractivity contribution in [3.63, 3.8) is 0 Å². The van der Waals surface area contributed by atoms with Crippen LogP contribution >= 0.6 is 11.3 Å². The maximum atomic E-state index is 14.4. The van der Waals surface area contributed by atoms with E-state index < -0.39 is 11.8 Å². The number of benzene rings is 2. The zero-order valence-corrected chi connectivity index (χ0v) is 15.9. The lowest BCUT2D eigenvalue weighted by atomic mass is 10.1. The third-order valence-electron chi connectivity index (χ3n) is 3.97. The molecular formula is C20H12FN5O3S. The van der Waals surface area contributed by atoms with Gasteiger partial charge in [0.05, 0.1) is 16.8 Å². The number of rotatable bonds is 4. The summed E-state index contributed by atoms with van der Waals surface area (Å²) in [5.41, 5.74) is 0.528. The van der Waals surface area contributed by atoms with E-state index in [0.717, 1.165) is 6.07 Å². The van der Waals surface area contributed by atoms with E-state index in [9.17, 15) is 14.3 Å². The number of urea groups is 1. The van der Waals surface area contributed by atoms with Crippen LogP contribution in [0, 0.1) is 17.1 Å². The largest absolute Gasteiger partial charge is 0.506 e. The molecule has 2 aromatic heterocycles. The topological polar surface area (TPSA) is 120 Å². The van der Waals surface area contributed by atoms with Crippen molar-refractivity contribution in [1.29, 1.82) is 5.26 Å². The van der Waals surface area contributed by atoms with Gasteiger partial charge in [0.2, 0.25) is 5.88 Å². The first-order chi connectivity index (χ1) is 14.5. The van der Waals surface area contributed by atoms with Crippen LogP contribution in [-0.4, -0.2) is 21.1 Å². The molecule has 4 rings (SSSR count). The van der Waals surface area contributed by atoms with Crippen molar-refractivity contribution in [2.75, 3.05) is 10.6 Å². The van der Waals surface area contributed by atoms with Crippen molar-refractivity contribution in [2.24, 2.45) is 0 Å². The Balaban J connectivity index is 1.49. The molecule has 0 unspecified atom stereocenters. The van der Waals surface area contributed by atoms with Crippen molar-refractivity contribution < 1.29 is 19.0 Å². The molecule has 30 heavy (non-hydrogen) atoms. The van der Waals surface area contributed by atoms with E-state index in [-0.39, 0.29) is 28.6 Å². The molecule has 0 spiro atoms. The van der Waals surface area contributed by atoms with Gasteiger partial charge in [0.15, 0.2) is 5.13 Å². The Bertz CT molecular complexity index is 1290. The molecule has 10 heteroatoms. The number of phenolic OH excluding ortho intramolecular Hbond substituents is 1. The van der Waals surface area contributed by atoms with Gasteiger partial charge in [-0.25, -0.2) is 19.2 Å². The normalized spacial score (nSPS) is 10.4. The molecule has 0 aliphatic rings. The van der Waals surface area contributed by atoms with Crippen LogP contribution < -0.4 is 15.4 Å². The highest BCUT2D eigenvalue weighted by Gasteiger charge is 2.11. The van der Waals surface area contributed by atoms with Crippen LogP contribution in [0.25, 0.3) is 10.9 Å². The number of nitrogens with zero attached hydrogens (tertiary/aromatic N) is 3. The summed E-state index contributed by atoms with van der Waals surface area (Å²) in [5, 5.41) is 26.4. The molecule has 148 valence electrons. The molecule has 2 aromatic carbocycles. The number of nitriles is 1. The predicted octanol–water partition coefficient (Wildman–Crippen LogP) is 4.84. The van der Waals surface area contributed by atoms with Gasteiger partial charge >= 0.3 is 6.03 Å². The van der Waals surface area contributed by atoms with Crippen LogP contribution in [0.2, 0.25) is 0 Å². The fraction of sp³-hybridized carbons (Fsp3) is 0. The molecule has 0 fully saturated rings. The van der Waals surface area contributed by atoms with E-state index in [0.29, 0.717) is 16.0 Å². The highest BCUT2D eigenvalue weighted by atomic mass is 32.1. The Morgan fingerprint density at radius 1 is 1.20 bits per heavy atom. The van der Waals surface area contributed by atoms with Crippen LogP contribution in [0.1, 0.15) is 5.56 Å². The lowest BCUT2D eigenvalue weighted by Gasteiger charge is -2.10. The number of pyridine rings is 1. The third kappa shape index (κ3) is 4.11. The van der Waals surface area contributed by atoms with Crippen LogP contribution in [0.4, 0.5) is 20.0 Å². The number of hydrogen-bond acceptors (Lipinski definition) is 7. The number of fused-ring (bicyclic) bond motifs is 1. The second-order valence-corrected chi connectivity index (χ2v) is 6.88. The number of carbonyl (C=O) groups is 1. The fourth-order valence-electron chi connectivity index (χ4n) is 2.61. The standard InChI is InChI=1S/C20H12FN5O3S/c21-14-8-13(2-3-15(14)25-19(28)26-20-23-5-6-30-20)29-18-4-1-11-7-12(10-22)17(27)9-16(11)24-18/h1-9,27H,(H2,23,25,26,28). The molecule has 0 atom stereocenters. The number of halogens is 1. The van der Waals surface area contributed by atoms with Gasteiger partial charge in [-0.3, -0.25) is 5.32 Å². The number of amides is 2. The molecule has 0 saturated heterocycles. The molecule has 3 N–H and O–H groups in total. The van der Waals surface area contributed by atoms with Gasteiger partial charge < -0.3 is 15.2 Å². The van der Waals surface area contributed by atoms with Crippen molar-refractivity contribution in [1.82, 2.24) is 9.97 Å². The monoisotopic (exact) mass is 421 g/mol. The van der Waals surface area contributed by atoms with Gasteiger partial charge in [0, 0.05) is 35.2 Å². The van der Waals surface area contributed by atoms with Gasteiger partial charge in [0.1, 0.15) is 23.4 Å². The van der Waals surface area contributed by atoms with Crippen molar-refractivity contribution in [2.45, 2.75) is 0 Å².